The van der Waals surface area contributed by atoms with Crippen molar-refractivity contribution in [3.63, 3.8) is 0 Å². The highest BCUT2D eigenvalue weighted by Gasteiger charge is 2.48. The minimum absolute atomic E-state index is 0.0176. The highest BCUT2D eigenvalue weighted by atomic mass is 16.5. The number of aliphatic hydroxyl groups excluding tert-OH is 2. The molecule has 28 heavy (non-hydrogen) atoms. The van der Waals surface area contributed by atoms with Gasteiger partial charge in [0.1, 0.15) is 11.9 Å². The summed E-state index contributed by atoms with van der Waals surface area (Å²) in [5.74, 6) is 5.67. The molecule has 0 amide bonds. The van der Waals surface area contributed by atoms with Crippen LogP contribution in [0.2, 0.25) is 0 Å². The summed E-state index contributed by atoms with van der Waals surface area (Å²) in [6, 6.07) is 5.83. The second kappa shape index (κ2) is 8.81. The Bertz CT molecular complexity index is 803. The molecule has 1 unspecified atom stereocenters. The van der Waals surface area contributed by atoms with E-state index < -0.39 is 18.2 Å². The first-order chi connectivity index (χ1) is 13.4. The van der Waals surface area contributed by atoms with Gasteiger partial charge in [0.05, 0.1) is 12.2 Å². The van der Waals surface area contributed by atoms with Gasteiger partial charge in [-0.1, -0.05) is 37.3 Å². The van der Waals surface area contributed by atoms with Crippen molar-refractivity contribution in [3.8, 4) is 17.6 Å². The molecule has 1 heterocycles. The SMILES string of the molecule is CC#CC[C@H](C)[C@@H](O)/C=C/[C@H]1C2c3cccc(CCC(=O)O)c3O[C@@H]2C[C@@H]1O. The largest absolute Gasteiger partial charge is 0.489 e. The lowest BCUT2D eigenvalue weighted by Gasteiger charge is -2.19. The predicted octanol–water partition coefficient (Wildman–Crippen LogP) is 2.90. The fraction of sp³-hybridized carbons (Fsp3) is 0.522. The first kappa shape index (κ1) is 20.4. The van der Waals surface area contributed by atoms with Crippen LogP contribution in [0.1, 0.15) is 50.2 Å². The number of rotatable bonds is 7. The molecule has 0 saturated heterocycles. The lowest BCUT2D eigenvalue weighted by molar-refractivity contribution is -0.136. The molecular formula is C23H28O5. The van der Waals surface area contributed by atoms with Crippen LogP contribution in [-0.2, 0) is 11.2 Å². The molecule has 1 fully saturated rings. The molecule has 0 spiro atoms. The van der Waals surface area contributed by atoms with Gasteiger partial charge in [-0.3, -0.25) is 4.79 Å². The molecule has 6 atom stereocenters. The Balaban J connectivity index is 1.78. The van der Waals surface area contributed by atoms with Crippen molar-refractivity contribution >= 4 is 5.97 Å². The van der Waals surface area contributed by atoms with Crippen LogP contribution in [0.25, 0.3) is 0 Å². The lowest BCUT2D eigenvalue weighted by atomic mass is 9.86. The minimum atomic E-state index is -0.831. The maximum absolute atomic E-state index is 10.9. The molecule has 2 aliphatic rings. The summed E-state index contributed by atoms with van der Waals surface area (Å²) in [5, 5.41) is 29.9. The van der Waals surface area contributed by atoms with E-state index in [0.717, 1.165) is 16.9 Å². The summed E-state index contributed by atoms with van der Waals surface area (Å²) >= 11 is 0. The molecule has 1 saturated carbocycles. The number of aliphatic carboxylic acids is 1. The summed E-state index contributed by atoms with van der Waals surface area (Å²) in [6.07, 6.45) is 4.06. The van der Waals surface area contributed by atoms with Gasteiger partial charge in [0, 0.05) is 36.7 Å². The van der Waals surface area contributed by atoms with Crippen molar-refractivity contribution in [2.75, 3.05) is 0 Å². The fourth-order valence-corrected chi connectivity index (χ4v) is 4.22. The fourth-order valence-electron chi connectivity index (χ4n) is 4.22. The molecule has 0 aromatic heterocycles. The van der Waals surface area contributed by atoms with Crippen LogP contribution in [0.4, 0.5) is 0 Å². The Morgan fingerprint density at radius 3 is 2.93 bits per heavy atom. The highest BCUT2D eigenvalue weighted by Crippen LogP contribution is 2.52. The van der Waals surface area contributed by atoms with E-state index >= 15 is 0 Å². The number of hydrogen-bond donors (Lipinski definition) is 3. The second-order valence-corrected chi connectivity index (χ2v) is 7.78. The molecule has 1 aliphatic heterocycles. The number of carboxylic acids is 1. The van der Waals surface area contributed by atoms with Crippen LogP contribution in [0.5, 0.6) is 5.75 Å². The third kappa shape index (κ3) is 4.24. The molecule has 1 aromatic rings. The van der Waals surface area contributed by atoms with E-state index in [1.165, 1.54) is 0 Å². The number of para-hydroxylation sites is 1. The van der Waals surface area contributed by atoms with Crippen molar-refractivity contribution in [1.82, 2.24) is 0 Å². The lowest BCUT2D eigenvalue weighted by Crippen LogP contribution is -2.19. The molecule has 5 heteroatoms. The summed E-state index contributed by atoms with van der Waals surface area (Å²) in [6.45, 7) is 3.74. The zero-order valence-electron chi connectivity index (χ0n) is 16.3. The number of aryl methyl sites for hydroxylation is 1. The van der Waals surface area contributed by atoms with Gasteiger partial charge in [-0.25, -0.2) is 0 Å². The van der Waals surface area contributed by atoms with Crippen LogP contribution in [0.15, 0.2) is 30.4 Å². The van der Waals surface area contributed by atoms with E-state index in [0.29, 0.717) is 19.3 Å². The van der Waals surface area contributed by atoms with E-state index in [2.05, 4.69) is 11.8 Å². The van der Waals surface area contributed by atoms with Crippen LogP contribution in [0, 0.1) is 23.7 Å². The number of carboxylic acid groups (broad SMARTS) is 1. The van der Waals surface area contributed by atoms with Crippen molar-refractivity contribution < 1.29 is 24.9 Å². The Morgan fingerprint density at radius 1 is 1.43 bits per heavy atom. The maximum atomic E-state index is 10.9. The quantitative estimate of drug-likeness (QED) is 0.497. The van der Waals surface area contributed by atoms with Crippen LogP contribution in [0.3, 0.4) is 0 Å². The van der Waals surface area contributed by atoms with Crippen LogP contribution in [-0.4, -0.2) is 39.6 Å². The number of hydrogen-bond acceptors (Lipinski definition) is 4. The van der Waals surface area contributed by atoms with E-state index in [1.54, 1.807) is 13.0 Å². The third-order valence-electron chi connectivity index (χ3n) is 5.81. The van der Waals surface area contributed by atoms with E-state index in [9.17, 15) is 15.0 Å². The number of ether oxygens (including phenoxy) is 1. The third-order valence-corrected chi connectivity index (χ3v) is 5.81. The molecular weight excluding hydrogens is 356 g/mol. The number of carbonyl (C=O) groups is 1. The van der Waals surface area contributed by atoms with Crippen LogP contribution >= 0.6 is 0 Å². The highest BCUT2D eigenvalue weighted by molar-refractivity contribution is 5.67. The summed E-state index contributed by atoms with van der Waals surface area (Å²) in [7, 11) is 0. The molecule has 1 aromatic carbocycles. The van der Waals surface area contributed by atoms with Gasteiger partial charge in [-0.2, -0.15) is 0 Å². The number of aliphatic hydroxyl groups is 2. The van der Waals surface area contributed by atoms with Crippen LogP contribution < -0.4 is 4.74 Å². The normalized spacial score (nSPS) is 27.4. The molecule has 5 nitrogen and oxygen atoms in total. The predicted molar refractivity (Wildman–Crippen MR) is 106 cm³/mol. The Kier molecular flexibility index (Phi) is 6.43. The first-order valence-corrected chi connectivity index (χ1v) is 9.86. The molecule has 3 rings (SSSR count). The minimum Gasteiger partial charge on any atom is -0.489 e. The second-order valence-electron chi connectivity index (χ2n) is 7.78. The monoisotopic (exact) mass is 384 g/mol. The Labute approximate surface area is 166 Å². The van der Waals surface area contributed by atoms with E-state index in [-0.39, 0.29) is 30.3 Å². The Hall–Kier alpha value is -2.29. The summed E-state index contributed by atoms with van der Waals surface area (Å²) in [5.41, 5.74) is 1.93. The number of fused-ring (bicyclic) bond motifs is 3. The molecule has 0 radical (unpaired) electrons. The van der Waals surface area contributed by atoms with Gasteiger partial charge < -0.3 is 20.1 Å². The van der Waals surface area contributed by atoms with Gasteiger partial charge in [0.25, 0.3) is 0 Å². The van der Waals surface area contributed by atoms with Crippen molar-refractivity contribution in [2.45, 2.75) is 63.8 Å². The van der Waals surface area contributed by atoms with Gasteiger partial charge in [0.15, 0.2) is 0 Å². The summed E-state index contributed by atoms with van der Waals surface area (Å²) < 4.78 is 6.13. The van der Waals surface area contributed by atoms with E-state index in [4.69, 9.17) is 9.84 Å². The zero-order valence-corrected chi connectivity index (χ0v) is 16.3. The van der Waals surface area contributed by atoms with Gasteiger partial charge in [-0.05, 0) is 24.8 Å². The maximum Gasteiger partial charge on any atom is 0.303 e. The van der Waals surface area contributed by atoms with Gasteiger partial charge in [0.2, 0.25) is 0 Å². The molecule has 1 aliphatic carbocycles. The van der Waals surface area contributed by atoms with Crippen molar-refractivity contribution in [1.29, 1.82) is 0 Å². The zero-order chi connectivity index (χ0) is 20.3. The average Bonchev–Trinajstić information content (AvgIpc) is 3.17. The van der Waals surface area contributed by atoms with Gasteiger partial charge in [-0.15, -0.1) is 11.8 Å². The van der Waals surface area contributed by atoms with Crippen molar-refractivity contribution in [2.24, 2.45) is 11.8 Å². The van der Waals surface area contributed by atoms with Crippen molar-refractivity contribution in [3.05, 3.63) is 41.5 Å². The molecule has 150 valence electrons. The molecule has 0 bridgehead atoms. The standard InChI is InChI=1S/C23H28O5/c1-3-4-6-14(2)18(24)11-10-16-19(25)13-20-22(16)17-8-5-7-15(23(17)28-20)9-12-21(26)27/h5,7-8,10-11,14,16,18-20,22,24-25H,6,9,12-13H2,1-2H3,(H,26,27)/b11-10+/t14-,16+,18-,19-,20+,22?/m0/s1. The molecule has 3 N–H and O–H groups in total. The Morgan fingerprint density at radius 2 is 2.21 bits per heavy atom. The first-order valence-electron chi connectivity index (χ1n) is 9.86. The summed E-state index contributed by atoms with van der Waals surface area (Å²) in [4.78, 5) is 10.9. The van der Waals surface area contributed by atoms with Gasteiger partial charge >= 0.3 is 5.97 Å². The average molecular weight is 384 g/mol. The topological polar surface area (TPSA) is 87.0 Å². The van der Waals surface area contributed by atoms with E-state index in [1.807, 2.05) is 31.2 Å². The number of benzene rings is 1. The smallest absolute Gasteiger partial charge is 0.303 e.